The molecule has 2 rings (SSSR count). The van der Waals surface area contributed by atoms with Crippen LogP contribution in [-0.4, -0.2) is 4.98 Å². The van der Waals surface area contributed by atoms with Gasteiger partial charge in [-0.3, -0.25) is 4.98 Å². The fourth-order valence-corrected chi connectivity index (χ4v) is 2.14. The quantitative estimate of drug-likeness (QED) is 0.875. The summed E-state index contributed by atoms with van der Waals surface area (Å²) in [5, 5.41) is 4.10. The van der Waals surface area contributed by atoms with Crippen LogP contribution >= 0.6 is 22.9 Å². The van der Waals surface area contributed by atoms with Crippen molar-refractivity contribution in [3.8, 4) is 0 Å². The molecule has 78 valence electrons. The third-order valence-corrected chi connectivity index (χ3v) is 3.41. The van der Waals surface area contributed by atoms with Crippen LogP contribution in [0.5, 0.6) is 0 Å². The minimum absolute atomic E-state index is 0.234. The summed E-state index contributed by atoms with van der Waals surface area (Å²) in [5.41, 5.74) is 2.79. The fourth-order valence-electron chi connectivity index (χ4n) is 1.32. The van der Waals surface area contributed by atoms with Crippen LogP contribution in [0.1, 0.15) is 17.8 Å². The third kappa shape index (κ3) is 2.49. The minimum atomic E-state index is 0.234. The van der Waals surface area contributed by atoms with Gasteiger partial charge in [0.2, 0.25) is 0 Å². The van der Waals surface area contributed by atoms with Gasteiger partial charge in [-0.05, 0) is 19.1 Å². The molecule has 0 spiro atoms. The lowest BCUT2D eigenvalue weighted by Crippen LogP contribution is -2.04. The molecule has 0 bridgehead atoms. The van der Waals surface area contributed by atoms with Crippen LogP contribution in [0, 0.1) is 0 Å². The van der Waals surface area contributed by atoms with E-state index in [1.54, 1.807) is 11.3 Å². The topological polar surface area (TPSA) is 24.9 Å². The van der Waals surface area contributed by atoms with E-state index in [0.29, 0.717) is 0 Å². The van der Waals surface area contributed by atoms with Crippen molar-refractivity contribution in [2.45, 2.75) is 13.0 Å². The largest absolute Gasteiger partial charge is 0.376 e. The lowest BCUT2D eigenvalue weighted by atomic mass is 10.2. The number of rotatable bonds is 3. The number of nitrogens with one attached hydrogen (secondary N) is 1. The molecule has 0 fully saturated rings. The van der Waals surface area contributed by atoms with Gasteiger partial charge >= 0.3 is 0 Å². The average molecular weight is 239 g/mol. The Morgan fingerprint density at radius 2 is 2.20 bits per heavy atom. The van der Waals surface area contributed by atoms with E-state index in [2.05, 4.69) is 17.2 Å². The molecular formula is C11H11ClN2S. The molecule has 1 atom stereocenters. The van der Waals surface area contributed by atoms with E-state index in [-0.39, 0.29) is 6.04 Å². The van der Waals surface area contributed by atoms with E-state index in [1.165, 1.54) is 4.88 Å². The summed E-state index contributed by atoms with van der Waals surface area (Å²) in [5.74, 6) is 0. The number of thiazole rings is 1. The highest BCUT2D eigenvalue weighted by Gasteiger charge is 2.08. The highest BCUT2D eigenvalue weighted by atomic mass is 35.5. The van der Waals surface area contributed by atoms with Crippen molar-refractivity contribution in [2.75, 3.05) is 5.32 Å². The molecule has 1 unspecified atom stereocenters. The van der Waals surface area contributed by atoms with E-state index in [0.717, 1.165) is 10.7 Å². The number of halogens is 1. The minimum Gasteiger partial charge on any atom is -0.376 e. The average Bonchev–Trinajstić information content (AvgIpc) is 2.74. The van der Waals surface area contributed by atoms with Crippen molar-refractivity contribution >= 4 is 28.6 Å². The SMILES string of the molecule is CC(Nc1ccccc1Cl)c1cncs1. The highest BCUT2D eigenvalue weighted by Crippen LogP contribution is 2.26. The Morgan fingerprint density at radius 3 is 2.87 bits per heavy atom. The van der Waals surface area contributed by atoms with Crippen LogP contribution < -0.4 is 5.32 Å². The van der Waals surface area contributed by atoms with Gasteiger partial charge in [-0.25, -0.2) is 0 Å². The van der Waals surface area contributed by atoms with Crippen LogP contribution in [0.25, 0.3) is 0 Å². The smallest absolute Gasteiger partial charge is 0.0795 e. The van der Waals surface area contributed by atoms with Gasteiger partial charge < -0.3 is 5.32 Å². The number of benzene rings is 1. The van der Waals surface area contributed by atoms with Gasteiger partial charge in [0.25, 0.3) is 0 Å². The summed E-state index contributed by atoms with van der Waals surface area (Å²) < 4.78 is 0. The lowest BCUT2D eigenvalue weighted by Gasteiger charge is -2.14. The van der Waals surface area contributed by atoms with Crippen molar-refractivity contribution in [2.24, 2.45) is 0 Å². The standard InChI is InChI=1S/C11H11ClN2S/c1-8(11-6-13-7-15-11)14-10-5-3-2-4-9(10)12/h2-8,14H,1H3. The van der Waals surface area contributed by atoms with Crippen LogP contribution in [0.2, 0.25) is 5.02 Å². The Morgan fingerprint density at radius 1 is 1.40 bits per heavy atom. The first kappa shape index (κ1) is 10.5. The molecule has 1 N–H and O–H groups in total. The second-order valence-corrected chi connectivity index (χ2v) is 4.57. The molecule has 0 saturated heterocycles. The number of nitrogens with zero attached hydrogens (tertiary/aromatic N) is 1. The summed E-state index contributed by atoms with van der Waals surface area (Å²) in [6.45, 7) is 2.09. The van der Waals surface area contributed by atoms with Crippen molar-refractivity contribution in [3.63, 3.8) is 0 Å². The zero-order chi connectivity index (χ0) is 10.7. The second kappa shape index (κ2) is 4.64. The van der Waals surface area contributed by atoms with Crippen LogP contribution in [0.15, 0.2) is 36.0 Å². The predicted octanol–water partition coefficient (Wildman–Crippen LogP) is 3.97. The van der Waals surface area contributed by atoms with E-state index in [4.69, 9.17) is 11.6 Å². The van der Waals surface area contributed by atoms with Gasteiger partial charge in [0.05, 0.1) is 22.3 Å². The Kier molecular flexibility index (Phi) is 3.23. The van der Waals surface area contributed by atoms with Gasteiger partial charge in [0.1, 0.15) is 0 Å². The third-order valence-electron chi connectivity index (χ3n) is 2.12. The maximum absolute atomic E-state index is 6.05. The molecule has 4 heteroatoms. The number of para-hydroxylation sites is 1. The van der Waals surface area contributed by atoms with Gasteiger partial charge in [-0.2, -0.15) is 0 Å². The maximum atomic E-state index is 6.05. The van der Waals surface area contributed by atoms with E-state index >= 15 is 0 Å². The molecule has 1 aromatic carbocycles. The number of aromatic nitrogens is 1. The Labute approximate surface area is 97.9 Å². The summed E-state index contributed by atoms with van der Waals surface area (Å²) in [6, 6.07) is 7.97. The fraction of sp³-hybridized carbons (Fsp3) is 0.182. The zero-order valence-electron chi connectivity index (χ0n) is 8.27. The van der Waals surface area contributed by atoms with E-state index < -0.39 is 0 Å². The molecule has 0 amide bonds. The predicted molar refractivity (Wildman–Crippen MR) is 65.6 cm³/mol. The summed E-state index contributed by atoms with van der Waals surface area (Å²) in [4.78, 5) is 5.26. The Hall–Kier alpha value is -1.06. The first-order valence-electron chi connectivity index (χ1n) is 4.67. The number of hydrogen-bond acceptors (Lipinski definition) is 3. The molecule has 1 heterocycles. The number of anilines is 1. The first-order chi connectivity index (χ1) is 7.27. The molecular weight excluding hydrogens is 228 g/mol. The van der Waals surface area contributed by atoms with Crippen molar-refractivity contribution in [1.29, 1.82) is 0 Å². The van der Waals surface area contributed by atoms with Crippen molar-refractivity contribution in [1.82, 2.24) is 4.98 Å². The van der Waals surface area contributed by atoms with Crippen LogP contribution in [0.4, 0.5) is 5.69 Å². The van der Waals surface area contributed by atoms with Gasteiger partial charge in [-0.1, -0.05) is 23.7 Å². The Balaban J connectivity index is 2.13. The molecule has 0 aliphatic rings. The Bertz CT molecular complexity index is 428. The van der Waals surface area contributed by atoms with E-state index in [1.807, 2.05) is 36.0 Å². The van der Waals surface area contributed by atoms with Crippen molar-refractivity contribution in [3.05, 3.63) is 45.9 Å². The molecule has 0 radical (unpaired) electrons. The lowest BCUT2D eigenvalue weighted by molar-refractivity contribution is 0.904. The monoisotopic (exact) mass is 238 g/mol. The van der Waals surface area contributed by atoms with Crippen LogP contribution in [0.3, 0.4) is 0 Å². The van der Waals surface area contributed by atoms with Crippen molar-refractivity contribution < 1.29 is 0 Å². The van der Waals surface area contributed by atoms with Gasteiger partial charge in [0, 0.05) is 11.1 Å². The van der Waals surface area contributed by atoms with Gasteiger partial charge in [-0.15, -0.1) is 11.3 Å². The summed E-state index contributed by atoms with van der Waals surface area (Å²) >= 11 is 7.69. The second-order valence-electron chi connectivity index (χ2n) is 3.25. The molecule has 2 nitrogen and oxygen atoms in total. The summed E-state index contributed by atoms with van der Waals surface area (Å²) in [6.07, 6.45) is 1.87. The molecule has 0 aliphatic heterocycles. The summed E-state index contributed by atoms with van der Waals surface area (Å²) in [7, 11) is 0. The molecule has 15 heavy (non-hydrogen) atoms. The molecule has 0 aliphatic carbocycles. The number of hydrogen-bond donors (Lipinski definition) is 1. The maximum Gasteiger partial charge on any atom is 0.0795 e. The van der Waals surface area contributed by atoms with E-state index in [9.17, 15) is 0 Å². The highest BCUT2D eigenvalue weighted by molar-refractivity contribution is 7.09. The zero-order valence-corrected chi connectivity index (χ0v) is 9.85. The van der Waals surface area contributed by atoms with Gasteiger partial charge in [0.15, 0.2) is 0 Å². The molecule has 1 aromatic heterocycles. The molecule has 0 saturated carbocycles. The van der Waals surface area contributed by atoms with Crippen LogP contribution in [-0.2, 0) is 0 Å². The first-order valence-corrected chi connectivity index (χ1v) is 5.92. The molecule has 2 aromatic rings. The normalized spacial score (nSPS) is 12.4.